The third kappa shape index (κ3) is 3.96. The summed E-state index contributed by atoms with van der Waals surface area (Å²) in [5.74, 6) is 1.66. The van der Waals surface area contributed by atoms with Crippen LogP contribution < -0.4 is 5.32 Å². The Bertz CT molecular complexity index is 363. The molecule has 4 nitrogen and oxygen atoms in total. The van der Waals surface area contributed by atoms with Crippen molar-refractivity contribution in [3.8, 4) is 0 Å². The number of urea groups is 1. The number of aryl methyl sites for hydroxylation is 1. The molecule has 0 aliphatic heterocycles. The number of carbonyl (C=O) groups is 1. The van der Waals surface area contributed by atoms with E-state index in [9.17, 15) is 4.79 Å². The van der Waals surface area contributed by atoms with Crippen molar-refractivity contribution in [2.45, 2.75) is 39.8 Å². The van der Waals surface area contributed by atoms with Crippen molar-refractivity contribution in [1.82, 2.24) is 10.2 Å². The summed E-state index contributed by atoms with van der Waals surface area (Å²) in [6.07, 6.45) is 0. The third-order valence-corrected chi connectivity index (χ3v) is 2.02. The maximum absolute atomic E-state index is 11.7. The Morgan fingerprint density at radius 1 is 1.44 bits per heavy atom. The summed E-state index contributed by atoms with van der Waals surface area (Å²) in [6.45, 7) is 8.23. The fourth-order valence-corrected chi connectivity index (χ4v) is 1.29. The Morgan fingerprint density at radius 3 is 2.50 bits per heavy atom. The molecule has 0 unspecified atom stereocenters. The highest BCUT2D eigenvalue weighted by molar-refractivity contribution is 5.74. The summed E-state index contributed by atoms with van der Waals surface area (Å²) in [7, 11) is 1.75. The number of nitrogens with one attached hydrogen (secondary N) is 1. The number of furan rings is 1. The Balaban J connectivity index is 2.52. The minimum absolute atomic E-state index is 0.0958. The lowest BCUT2D eigenvalue weighted by Crippen LogP contribution is -2.46. The zero-order valence-corrected chi connectivity index (χ0v) is 10.6. The smallest absolute Gasteiger partial charge is 0.317 e. The van der Waals surface area contributed by atoms with Crippen molar-refractivity contribution in [2.24, 2.45) is 0 Å². The Morgan fingerprint density at radius 2 is 2.06 bits per heavy atom. The molecule has 0 radical (unpaired) electrons. The van der Waals surface area contributed by atoms with Gasteiger partial charge in [-0.25, -0.2) is 4.79 Å². The molecule has 0 aromatic carbocycles. The van der Waals surface area contributed by atoms with Crippen molar-refractivity contribution in [1.29, 1.82) is 0 Å². The van der Waals surface area contributed by atoms with Crippen LogP contribution in [0.5, 0.6) is 0 Å². The van der Waals surface area contributed by atoms with E-state index in [-0.39, 0.29) is 11.6 Å². The van der Waals surface area contributed by atoms with E-state index >= 15 is 0 Å². The maximum atomic E-state index is 11.7. The highest BCUT2D eigenvalue weighted by Gasteiger charge is 2.17. The zero-order valence-electron chi connectivity index (χ0n) is 10.6. The van der Waals surface area contributed by atoms with Crippen LogP contribution in [-0.4, -0.2) is 23.5 Å². The number of carbonyl (C=O) groups excluding carboxylic acids is 1. The van der Waals surface area contributed by atoms with Gasteiger partial charge in [-0.15, -0.1) is 0 Å². The van der Waals surface area contributed by atoms with Gasteiger partial charge in [-0.05, 0) is 39.8 Å². The first-order valence-corrected chi connectivity index (χ1v) is 5.36. The van der Waals surface area contributed by atoms with E-state index in [0.717, 1.165) is 11.5 Å². The molecule has 0 aliphatic carbocycles. The summed E-state index contributed by atoms with van der Waals surface area (Å²) in [5.41, 5.74) is -0.218. The van der Waals surface area contributed by atoms with Crippen LogP contribution in [0.25, 0.3) is 0 Å². The Kier molecular flexibility index (Phi) is 3.62. The summed E-state index contributed by atoms with van der Waals surface area (Å²) in [5, 5.41) is 2.89. The van der Waals surface area contributed by atoms with Gasteiger partial charge < -0.3 is 14.6 Å². The standard InChI is InChI=1S/C12H20N2O2/c1-9-6-7-10(16-9)8-14(5)11(15)13-12(2,3)4/h6-7H,8H2,1-5H3,(H,13,15). The molecule has 0 spiro atoms. The molecular formula is C12H20N2O2. The van der Waals surface area contributed by atoms with Crippen LogP contribution in [-0.2, 0) is 6.54 Å². The molecular weight excluding hydrogens is 204 g/mol. The molecule has 0 fully saturated rings. The molecule has 1 aromatic heterocycles. The first kappa shape index (κ1) is 12.6. The van der Waals surface area contributed by atoms with Crippen molar-refractivity contribution >= 4 is 6.03 Å². The maximum Gasteiger partial charge on any atom is 0.317 e. The Hall–Kier alpha value is -1.45. The van der Waals surface area contributed by atoms with E-state index < -0.39 is 0 Å². The quantitative estimate of drug-likeness (QED) is 0.839. The minimum atomic E-state index is -0.218. The Labute approximate surface area is 96.6 Å². The van der Waals surface area contributed by atoms with E-state index in [2.05, 4.69) is 5.32 Å². The summed E-state index contributed by atoms with van der Waals surface area (Å²) < 4.78 is 5.41. The number of amides is 2. The molecule has 16 heavy (non-hydrogen) atoms. The lowest BCUT2D eigenvalue weighted by molar-refractivity contribution is 0.193. The number of hydrogen-bond donors (Lipinski definition) is 1. The second kappa shape index (κ2) is 4.60. The molecule has 0 atom stereocenters. The van der Waals surface area contributed by atoms with Gasteiger partial charge in [-0.3, -0.25) is 0 Å². The van der Waals surface area contributed by atoms with Crippen molar-refractivity contribution in [3.63, 3.8) is 0 Å². The molecule has 0 bridgehead atoms. The first-order valence-electron chi connectivity index (χ1n) is 5.36. The SMILES string of the molecule is Cc1ccc(CN(C)C(=O)NC(C)(C)C)o1. The van der Waals surface area contributed by atoms with E-state index in [4.69, 9.17) is 4.42 Å². The second-order valence-electron chi connectivity index (χ2n) is 5.05. The number of rotatable bonds is 2. The molecule has 2 amide bonds. The van der Waals surface area contributed by atoms with E-state index in [1.165, 1.54) is 0 Å². The lowest BCUT2D eigenvalue weighted by atomic mass is 10.1. The largest absolute Gasteiger partial charge is 0.464 e. The van der Waals surface area contributed by atoms with Crippen molar-refractivity contribution in [3.05, 3.63) is 23.7 Å². The van der Waals surface area contributed by atoms with Crippen molar-refractivity contribution in [2.75, 3.05) is 7.05 Å². The van der Waals surface area contributed by atoms with Gasteiger partial charge in [0.1, 0.15) is 11.5 Å². The van der Waals surface area contributed by atoms with E-state index in [1.807, 2.05) is 39.8 Å². The summed E-state index contributed by atoms with van der Waals surface area (Å²) >= 11 is 0. The van der Waals surface area contributed by atoms with Gasteiger partial charge in [0, 0.05) is 12.6 Å². The average Bonchev–Trinajstić information content (AvgIpc) is 2.48. The van der Waals surface area contributed by atoms with E-state index in [1.54, 1.807) is 11.9 Å². The highest BCUT2D eigenvalue weighted by atomic mass is 16.3. The summed E-state index contributed by atoms with van der Waals surface area (Å²) in [6, 6.07) is 3.68. The number of hydrogen-bond acceptors (Lipinski definition) is 2. The molecule has 1 heterocycles. The van der Waals surface area contributed by atoms with Gasteiger partial charge in [-0.2, -0.15) is 0 Å². The van der Waals surface area contributed by atoms with E-state index in [0.29, 0.717) is 6.54 Å². The topological polar surface area (TPSA) is 45.5 Å². The molecule has 0 saturated heterocycles. The number of nitrogens with zero attached hydrogens (tertiary/aromatic N) is 1. The molecule has 1 aromatic rings. The first-order chi connectivity index (χ1) is 7.28. The van der Waals surface area contributed by atoms with Crippen LogP contribution in [0.3, 0.4) is 0 Å². The highest BCUT2D eigenvalue weighted by Crippen LogP contribution is 2.09. The van der Waals surface area contributed by atoms with Gasteiger partial charge in [0.05, 0.1) is 6.54 Å². The fraction of sp³-hybridized carbons (Fsp3) is 0.583. The fourth-order valence-electron chi connectivity index (χ4n) is 1.29. The van der Waals surface area contributed by atoms with Gasteiger partial charge >= 0.3 is 6.03 Å². The monoisotopic (exact) mass is 224 g/mol. The molecule has 0 aliphatic rings. The predicted molar refractivity (Wildman–Crippen MR) is 63.2 cm³/mol. The van der Waals surface area contributed by atoms with Crippen LogP contribution in [0.4, 0.5) is 4.79 Å². The molecule has 0 saturated carbocycles. The van der Waals surface area contributed by atoms with Gasteiger partial charge in [0.2, 0.25) is 0 Å². The minimum Gasteiger partial charge on any atom is -0.464 e. The zero-order chi connectivity index (χ0) is 12.3. The molecule has 1 rings (SSSR count). The van der Waals surface area contributed by atoms with Crippen molar-refractivity contribution < 1.29 is 9.21 Å². The normalized spacial score (nSPS) is 11.3. The van der Waals surface area contributed by atoms with Crippen LogP contribution in [0.1, 0.15) is 32.3 Å². The van der Waals surface area contributed by atoms with Gasteiger partial charge in [-0.1, -0.05) is 0 Å². The lowest BCUT2D eigenvalue weighted by Gasteiger charge is -2.25. The van der Waals surface area contributed by atoms with Gasteiger partial charge in [0.15, 0.2) is 0 Å². The molecule has 4 heteroatoms. The average molecular weight is 224 g/mol. The predicted octanol–water partition coefficient (Wildman–Crippen LogP) is 2.53. The van der Waals surface area contributed by atoms with Crippen LogP contribution in [0.2, 0.25) is 0 Å². The van der Waals surface area contributed by atoms with Gasteiger partial charge in [0.25, 0.3) is 0 Å². The summed E-state index contributed by atoms with van der Waals surface area (Å²) in [4.78, 5) is 13.3. The van der Waals surface area contributed by atoms with Crippen LogP contribution in [0.15, 0.2) is 16.5 Å². The third-order valence-electron chi connectivity index (χ3n) is 2.02. The molecule has 90 valence electrons. The van der Waals surface area contributed by atoms with Crippen LogP contribution >= 0.6 is 0 Å². The molecule has 1 N–H and O–H groups in total. The second-order valence-corrected chi connectivity index (χ2v) is 5.05. The van der Waals surface area contributed by atoms with Crippen LogP contribution in [0, 0.1) is 6.92 Å².